The Kier molecular flexibility index (Phi) is 4.09. The number of piperidine rings is 1. The Bertz CT molecular complexity index is 251. The second-order valence-corrected chi connectivity index (χ2v) is 3.73. The minimum absolute atomic E-state index is 0.0439. The Balaban J connectivity index is 2.35. The molecule has 1 heterocycles. The molecule has 0 aromatic heterocycles. The van der Waals surface area contributed by atoms with Crippen LogP contribution in [0, 0.1) is 10.1 Å². The summed E-state index contributed by atoms with van der Waals surface area (Å²) >= 11 is 0. The molecule has 1 saturated heterocycles. The van der Waals surface area contributed by atoms with Crippen LogP contribution in [0.15, 0.2) is 0 Å². The van der Waals surface area contributed by atoms with Crippen LogP contribution < -0.4 is 5.32 Å². The van der Waals surface area contributed by atoms with Gasteiger partial charge in [-0.1, -0.05) is 0 Å². The summed E-state index contributed by atoms with van der Waals surface area (Å²) in [6.45, 7) is 0.962. The summed E-state index contributed by atoms with van der Waals surface area (Å²) in [6.07, 6.45) is -6.58. The third-order valence-corrected chi connectivity index (χ3v) is 2.47. The van der Waals surface area contributed by atoms with Crippen LogP contribution in [-0.4, -0.2) is 36.0 Å². The number of hydrogen-bond acceptors (Lipinski definition) is 4. The smallest absolute Gasteiger partial charge is 0.351 e. The van der Waals surface area contributed by atoms with Crippen molar-refractivity contribution < 1.29 is 22.8 Å². The molecule has 0 saturated carbocycles. The molecule has 1 rings (SSSR count). The van der Waals surface area contributed by atoms with Gasteiger partial charge in [0.1, 0.15) is 6.23 Å². The van der Waals surface area contributed by atoms with Gasteiger partial charge in [0.25, 0.3) is 0 Å². The molecule has 1 aliphatic heterocycles. The van der Waals surface area contributed by atoms with E-state index in [4.69, 9.17) is 4.74 Å². The highest BCUT2D eigenvalue weighted by Crippen LogP contribution is 2.24. The van der Waals surface area contributed by atoms with E-state index in [0.29, 0.717) is 0 Å². The van der Waals surface area contributed by atoms with E-state index in [2.05, 4.69) is 5.32 Å². The molecule has 8 heteroatoms. The Morgan fingerprint density at radius 3 is 2.50 bits per heavy atom. The Morgan fingerprint density at radius 1 is 1.50 bits per heavy atom. The van der Waals surface area contributed by atoms with E-state index in [1.807, 2.05) is 0 Å². The van der Waals surface area contributed by atoms with Crippen molar-refractivity contribution in [3.8, 4) is 0 Å². The van der Waals surface area contributed by atoms with Gasteiger partial charge < -0.3 is 4.74 Å². The van der Waals surface area contributed by atoms with Crippen molar-refractivity contribution in [3.05, 3.63) is 10.1 Å². The van der Waals surface area contributed by atoms with Crippen molar-refractivity contribution in [3.63, 3.8) is 0 Å². The van der Waals surface area contributed by atoms with Crippen LogP contribution in [0.25, 0.3) is 0 Å². The third-order valence-electron chi connectivity index (χ3n) is 2.47. The molecule has 1 N–H and O–H groups in total. The Hall–Kier alpha value is -0.890. The molecule has 1 aliphatic rings. The van der Waals surface area contributed by atoms with Crippen LogP contribution in [-0.2, 0) is 4.74 Å². The predicted molar refractivity (Wildman–Crippen MR) is 48.4 cm³/mol. The van der Waals surface area contributed by atoms with Gasteiger partial charge in [-0.25, -0.2) is 0 Å². The lowest BCUT2D eigenvalue weighted by molar-refractivity contribution is -0.524. The molecule has 0 bridgehead atoms. The fourth-order valence-electron chi connectivity index (χ4n) is 1.44. The molecule has 3 atom stereocenters. The molecule has 0 aliphatic carbocycles. The zero-order valence-electron chi connectivity index (χ0n) is 8.66. The molecule has 5 nitrogen and oxygen atoms in total. The van der Waals surface area contributed by atoms with E-state index >= 15 is 0 Å². The maximum atomic E-state index is 12.1. The maximum Gasteiger partial charge on any atom is 0.414 e. The first-order chi connectivity index (χ1) is 7.30. The number of ether oxygens (including phenoxy) is 1. The molecule has 0 aromatic carbocycles. The van der Waals surface area contributed by atoms with Gasteiger partial charge in [0.2, 0.25) is 6.04 Å². The fourth-order valence-corrected chi connectivity index (χ4v) is 1.44. The van der Waals surface area contributed by atoms with Crippen molar-refractivity contribution in [2.45, 2.75) is 44.3 Å². The average Bonchev–Trinajstić information content (AvgIpc) is 2.17. The van der Waals surface area contributed by atoms with Crippen LogP contribution in [0.2, 0.25) is 0 Å². The fraction of sp³-hybridized carbons (Fsp3) is 1.00. The number of alkyl halides is 3. The summed E-state index contributed by atoms with van der Waals surface area (Å²) in [6, 6.07) is -0.735. The molecule has 2 unspecified atom stereocenters. The summed E-state index contributed by atoms with van der Waals surface area (Å²) < 4.78 is 41.2. The normalized spacial score (nSPS) is 28.8. The van der Waals surface area contributed by atoms with E-state index in [1.165, 1.54) is 0 Å². The topological polar surface area (TPSA) is 64.4 Å². The van der Waals surface area contributed by atoms with Gasteiger partial charge >= 0.3 is 6.18 Å². The van der Waals surface area contributed by atoms with Gasteiger partial charge in [-0.15, -0.1) is 0 Å². The second-order valence-electron chi connectivity index (χ2n) is 3.73. The minimum Gasteiger partial charge on any atom is -0.351 e. The van der Waals surface area contributed by atoms with Gasteiger partial charge in [0.05, 0.1) is 6.54 Å². The third kappa shape index (κ3) is 3.60. The van der Waals surface area contributed by atoms with Crippen LogP contribution in [0.4, 0.5) is 13.2 Å². The van der Waals surface area contributed by atoms with Crippen LogP contribution in [0.5, 0.6) is 0 Å². The minimum atomic E-state index is -4.40. The van der Waals surface area contributed by atoms with Crippen molar-refractivity contribution in [2.75, 3.05) is 6.54 Å². The molecular formula is C8H13F3N2O3. The standard InChI is InChI=1S/C8H13F3N2O3/c1-5(8(9,10)11)16-7-3-2-6(4-12-7)13(14)15/h5-7,12H,2-4H2,1H3/t5-,6?,7?/m0/s1. The summed E-state index contributed by atoms with van der Waals surface area (Å²) in [4.78, 5) is 9.95. The number of halogens is 3. The van der Waals surface area contributed by atoms with Gasteiger partial charge in [-0.2, -0.15) is 13.2 Å². The monoisotopic (exact) mass is 242 g/mol. The van der Waals surface area contributed by atoms with Crippen molar-refractivity contribution in [2.24, 2.45) is 0 Å². The van der Waals surface area contributed by atoms with Gasteiger partial charge in [0, 0.05) is 11.3 Å². The number of nitrogens with zero attached hydrogens (tertiary/aromatic N) is 1. The van der Waals surface area contributed by atoms with Crippen LogP contribution in [0.1, 0.15) is 19.8 Å². The number of rotatable bonds is 3. The second kappa shape index (κ2) is 4.96. The zero-order chi connectivity index (χ0) is 12.3. The lowest BCUT2D eigenvalue weighted by Crippen LogP contribution is -2.48. The molecule has 0 radical (unpaired) electrons. The summed E-state index contributed by atoms with van der Waals surface area (Å²) in [5.41, 5.74) is 0. The molecular weight excluding hydrogens is 229 g/mol. The zero-order valence-corrected chi connectivity index (χ0v) is 8.66. The summed E-state index contributed by atoms with van der Waals surface area (Å²) in [5, 5.41) is 13.0. The Morgan fingerprint density at radius 2 is 2.12 bits per heavy atom. The predicted octanol–water partition coefficient (Wildman–Crippen LogP) is 1.31. The quantitative estimate of drug-likeness (QED) is 0.598. The molecule has 0 spiro atoms. The lowest BCUT2D eigenvalue weighted by atomic mass is 10.1. The SMILES string of the molecule is C[C@H](OC1CCC([N+](=O)[O-])CN1)C(F)(F)F. The molecule has 1 fully saturated rings. The molecule has 16 heavy (non-hydrogen) atoms. The highest BCUT2D eigenvalue weighted by Gasteiger charge is 2.39. The average molecular weight is 242 g/mol. The maximum absolute atomic E-state index is 12.1. The first kappa shape index (κ1) is 13.2. The first-order valence-corrected chi connectivity index (χ1v) is 4.89. The molecule has 0 aromatic rings. The van der Waals surface area contributed by atoms with Gasteiger partial charge in [-0.05, 0) is 13.3 Å². The number of nitro groups is 1. The van der Waals surface area contributed by atoms with E-state index in [-0.39, 0.29) is 19.4 Å². The largest absolute Gasteiger partial charge is 0.414 e. The Labute approximate surface area is 90.1 Å². The van der Waals surface area contributed by atoms with Crippen LogP contribution >= 0.6 is 0 Å². The molecule has 0 amide bonds. The van der Waals surface area contributed by atoms with E-state index < -0.39 is 29.5 Å². The molecule has 94 valence electrons. The summed E-state index contributed by atoms with van der Waals surface area (Å²) in [5.74, 6) is 0. The first-order valence-electron chi connectivity index (χ1n) is 4.89. The van der Waals surface area contributed by atoms with Crippen molar-refractivity contribution in [1.82, 2.24) is 5.32 Å². The van der Waals surface area contributed by atoms with Crippen molar-refractivity contribution >= 4 is 0 Å². The van der Waals surface area contributed by atoms with Crippen LogP contribution in [0.3, 0.4) is 0 Å². The number of nitrogens with one attached hydrogen (secondary N) is 1. The van der Waals surface area contributed by atoms with Crippen molar-refractivity contribution in [1.29, 1.82) is 0 Å². The highest BCUT2D eigenvalue weighted by molar-refractivity contribution is 4.74. The summed E-state index contributed by atoms with van der Waals surface area (Å²) in [7, 11) is 0. The van der Waals surface area contributed by atoms with Gasteiger partial charge in [0.15, 0.2) is 6.10 Å². The number of hydrogen-bond donors (Lipinski definition) is 1. The van der Waals surface area contributed by atoms with E-state index in [9.17, 15) is 23.3 Å². The van der Waals surface area contributed by atoms with E-state index in [1.54, 1.807) is 0 Å². The van der Waals surface area contributed by atoms with Gasteiger partial charge in [-0.3, -0.25) is 15.4 Å². The lowest BCUT2D eigenvalue weighted by Gasteiger charge is -2.28. The van der Waals surface area contributed by atoms with E-state index in [0.717, 1.165) is 6.92 Å². The highest BCUT2D eigenvalue weighted by atomic mass is 19.4.